The molecule has 16 heavy (non-hydrogen) atoms. The van der Waals surface area contributed by atoms with Crippen molar-refractivity contribution in [3.63, 3.8) is 0 Å². The van der Waals surface area contributed by atoms with Crippen LogP contribution in [-0.4, -0.2) is 19.5 Å². The molecule has 0 saturated heterocycles. The van der Waals surface area contributed by atoms with E-state index in [9.17, 15) is 0 Å². The van der Waals surface area contributed by atoms with Crippen molar-refractivity contribution < 1.29 is 0 Å². The van der Waals surface area contributed by atoms with E-state index in [-0.39, 0.29) is 0 Å². The Morgan fingerprint density at radius 2 is 2.06 bits per heavy atom. The third-order valence-corrected chi connectivity index (χ3v) is 2.39. The fourth-order valence-corrected chi connectivity index (χ4v) is 1.77. The third-order valence-electron chi connectivity index (χ3n) is 2.39. The van der Waals surface area contributed by atoms with Gasteiger partial charge in [0, 0.05) is 30.6 Å². The zero-order chi connectivity index (χ0) is 11.5. The van der Waals surface area contributed by atoms with Gasteiger partial charge in [-0.3, -0.25) is 4.57 Å². The largest absolute Gasteiger partial charge is 0.288 e. The van der Waals surface area contributed by atoms with Crippen molar-refractivity contribution in [3.05, 3.63) is 35.8 Å². The zero-order valence-electron chi connectivity index (χ0n) is 9.94. The van der Waals surface area contributed by atoms with Gasteiger partial charge in [0.1, 0.15) is 17.5 Å². The molecular weight excluding hydrogens is 200 g/mol. The number of rotatable bonds is 3. The smallest absolute Gasteiger partial charge is 0.142 e. The first kappa shape index (κ1) is 10.8. The first-order chi connectivity index (χ1) is 7.70. The summed E-state index contributed by atoms with van der Waals surface area (Å²) in [5, 5.41) is 0. The molecule has 0 aliphatic heterocycles. The topological polar surface area (TPSA) is 43.6 Å². The number of imidazole rings is 1. The van der Waals surface area contributed by atoms with Crippen LogP contribution in [0.15, 0.2) is 18.5 Å². The van der Waals surface area contributed by atoms with Crippen molar-refractivity contribution in [2.24, 2.45) is 0 Å². The Labute approximate surface area is 95.4 Å². The van der Waals surface area contributed by atoms with Gasteiger partial charge in [-0.1, -0.05) is 6.92 Å². The molecule has 0 fully saturated rings. The van der Waals surface area contributed by atoms with Gasteiger partial charge in [0.15, 0.2) is 0 Å². The minimum atomic E-state index is 0.797. The molecule has 84 valence electrons. The van der Waals surface area contributed by atoms with Gasteiger partial charge in [-0.25, -0.2) is 15.0 Å². The standard InChI is InChI=1S/C12H16N4/c1-4-5-11-13-6-7-16(11)12-8-9(2)14-10(3)15-12/h6-8H,4-5H2,1-3H3. The lowest BCUT2D eigenvalue weighted by Crippen LogP contribution is -2.05. The molecule has 0 spiro atoms. The van der Waals surface area contributed by atoms with Gasteiger partial charge in [-0.05, 0) is 20.3 Å². The maximum atomic E-state index is 4.43. The van der Waals surface area contributed by atoms with E-state index in [1.807, 2.05) is 36.9 Å². The molecule has 0 atom stereocenters. The molecule has 2 aromatic heterocycles. The maximum Gasteiger partial charge on any atom is 0.142 e. The van der Waals surface area contributed by atoms with Crippen LogP contribution in [-0.2, 0) is 6.42 Å². The summed E-state index contributed by atoms with van der Waals surface area (Å²) in [6, 6.07) is 1.98. The minimum Gasteiger partial charge on any atom is -0.288 e. The molecule has 0 saturated carbocycles. The maximum absolute atomic E-state index is 4.43. The van der Waals surface area contributed by atoms with E-state index in [1.165, 1.54) is 0 Å². The summed E-state index contributed by atoms with van der Waals surface area (Å²) >= 11 is 0. The highest BCUT2D eigenvalue weighted by Crippen LogP contribution is 2.10. The highest BCUT2D eigenvalue weighted by Gasteiger charge is 2.06. The van der Waals surface area contributed by atoms with Gasteiger partial charge in [-0.15, -0.1) is 0 Å². The van der Waals surface area contributed by atoms with Crippen LogP contribution >= 0.6 is 0 Å². The molecule has 2 heterocycles. The molecule has 2 rings (SSSR count). The quantitative estimate of drug-likeness (QED) is 0.790. The molecule has 4 heteroatoms. The predicted octanol–water partition coefficient (Wildman–Crippen LogP) is 2.23. The van der Waals surface area contributed by atoms with E-state index < -0.39 is 0 Å². The van der Waals surface area contributed by atoms with Crippen molar-refractivity contribution in [3.8, 4) is 5.82 Å². The Balaban J connectivity index is 2.45. The molecular formula is C12H16N4. The lowest BCUT2D eigenvalue weighted by molar-refractivity contribution is 0.790. The van der Waals surface area contributed by atoms with E-state index >= 15 is 0 Å². The number of hydrogen-bond acceptors (Lipinski definition) is 3. The average molecular weight is 216 g/mol. The van der Waals surface area contributed by atoms with E-state index in [0.717, 1.165) is 36.0 Å². The second kappa shape index (κ2) is 4.43. The Bertz CT molecular complexity index is 467. The van der Waals surface area contributed by atoms with E-state index in [0.29, 0.717) is 0 Å². The Kier molecular flexibility index (Phi) is 2.99. The van der Waals surface area contributed by atoms with Crippen LogP contribution in [0.3, 0.4) is 0 Å². The number of aryl methyl sites for hydroxylation is 3. The molecule has 0 amide bonds. The SMILES string of the molecule is CCCc1nccn1-c1cc(C)nc(C)n1. The molecule has 0 aliphatic rings. The molecule has 0 unspecified atom stereocenters. The highest BCUT2D eigenvalue weighted by molar-refractivity contribution is 5.26. The number of nitrogens with zero attached hydrogens (tertiary/aromatic N) is 4. The molecule has 0 aliphatic carbocycles. The molecule has 0 radical (unpaired) electrons. The predicted molar refractivity (Wildman–Crippen MR) is 62.6 cm³/mol. The van der Waals surface area contributed by atoms with Crippen LogP contribution in [0.25, 0.3) is 5.82 Å². The van der Waals surface area contributed by atoms with Crippen molar-refractivity contribution in [1.29, 1.82) is 0 Å². The van der Waals surface area contributed by atoms with Crippen LogP contribution in [0.4, 0.5) is 0 Å². The van der Waals surface area contributed by atoms with Gasteiger partial charge >= 0.3 is 0 Å². The van der Waals surface area contributed by atoms with Gasteiger partial charge in [0.05, 0.1) is 0 Å². The fraction of sp³-hybridized carbons (Fsp3) is 0.417. The van der Waals surface area contributed by atoms with Crippen LogP contribution < -0.4 is 0 Å². The fourth-order valence-electron chi connectivity index (χ4n) is 1.77. The van der Waals surface area contributed by atoms with Crippen molar-refractivity contribution in [1.82, 2.24) is 19.5 Å². The Morgan fingerprint density at radius 1 is 1.25 bits per heavy atom. The summed E-state index contributed by atoms with van der Waals surface area (Å²) in [7, 11) is 0. The Morgan fingerprint density at radius 3 is 2.75 bits per heavy atom. The van der Waals surface area contributed by atoms with Crippen LogP contribution in [0.5, 0.6) is 0 Å². The first-order valence-corrected chi connectivity index (χ1v) is 5.55. The highest BCUT2D eigenvalue weighted by atomic mass is 15.1. The minimum absolute atomic E-state index is 0.797. The summed E-state index contributed by atoms with van der Waals surface area (Å²) < 4.78 is 2.03. The molecule has 0 N–H and O–H groups in total. The van der Waals surface area contributed by atoms with Gasteiger partial charge < -0.3 is 0 Å². The summed E-state index contributed by atoms with van der Waals surface area (Å²) in [5.41, 5.74) is 0.985. The average Bonchev–Trinajstić information content (AvgIpc) is 2.65. The normalized spacial score (nSPS) is 10.7. The summed E-state index contributed by atoms with van der Waals surface area (Å²) in [4.78, 5) is 13.1. The van der Waals surface area contributed by atoms with E-state index in [4.69, 9.17) is 0 Å². The molecule has 4 nitrogen and oxygen atoms in total. The molecule has 0 aromatic carbocycles. The van der Waals surface area contributed by atoms with Crippen LogP contribution in [0.2, 0.25) is 0 Å². The Hall–Kier alpha value is -1.71. The lowest BCUT2D eigenvalue weighted by atomic mass is 10.3. The lowest BCUT2D eigenvalue weighted by Gasteiger charge is -2.07. The van der Waals surface area contributed by atoms with Crippen molar-refractivity contribution >= 4 is 0 Å². The number of hydrogen-bond donors (Lipinski definition) is 0. The summed E-state index contributed by atoms with van der Waals surface area (Å²) in [6.07, 6.45) is 5.82. The zero-order valence-corrected chi connectivity index (χ0v) is 9.94. The van der Waals surface area contributed by atoms with Crippen LogP contribution in [0, 0.1) is 13.8 Å². The van der Waals surface area contributed by atoms with E-state index in [2.05, 4.69) is 21.9 Å². The molecule has 0 bridgehead atoms. The second-order valence-corrected chi connectivity index (χ2v) is 3.88. The van der Waals surface area contributed by atoms with Crippen LogP contribution in [0.1, 0.15) is 30.7 Å². The number of aromatic nitrogens is 4. The second-order valence-electron chi connectivity index (χ2n) is 3.88. The third kappa shape index (κ3) is 2.10. The summed E-state index contributed by atoms with van der Waals surface area (Å²) in [5.74, 6) is 2.76. The summed E-state index contributed by atoms with van der Waals surface area (Å²) in [6.45, 7) is 6.04. The van der Waals surface area contributed by atoms with Crippen molar-refractivity contribution in [2.45, 2.75) is 33.6 Å². The van der Waals surface area contributed by atoms with E-state index in [1.54, 1.807) is 0 Å². The first-order valence-electron chi connectivity index (χ1n) is 5.55. The van der Waals surface area contributed by atoms with Gasteiger partial charge in [0.25, 0.3) is 0 Å². The van der Waals surface area contributed by atoms with Gasteiger partial charge in [0.2, 0.25) is 0 Å². The molecule has 2 aromatic rings. The van der Waals surface area contributed by atoms with Gasteiger partial charge in [-0.2, -0.15) is 0 Å². The monoisotopic (exact) mass is 216 g/mol. The van der Waals surface area contributed by atoms with Crippen molar-refractivity contribution in [2.75, 3.05) is 0 Å².